The van der Waals surface area contributed by atoms with E-state index in [-0.39, 0.29) is 5.41 Å². The lowest BCUT2D eigenvalue weighted by atomic mass is 9.68. The molecule has 154 valence electrons. The van der Waals surface area contributed by atoms with Gasteiger partial charge < -0.3 is 9.84 Å². The third-order valence-electron chi connectivity index (χ3n) is 6.27. The quantitative estimate of drug-likeness (QED) is 0.633. The van der Waals surface area contributed by atoms with Gasteiger partial charge in [-0.2, -0.15) is 0 Å². The van der Waals surface area contributed by atoms with Crippen molar-refractivity contribution in [1.82, 2.24) is 4.90 Å². The Hall–Kier alpha value is -3.11. The van der Waals surface area contributed by atoms with Crippen molar-refractivity contribution >= 4 is 5.97 Å². The standard InChI is InChI=1S/C26H27NO3/c1-30-24-9-5-8-23(18-24)26(22-12-10-21(11-13-22)25(28)29)14-16-27(17-15-26)19-20-6-3-2-4-7-20/h2-13,18H,14-17,19H2,1H3,(H,28,29). The summed E-state index contributed by atoms with van der Waals surface area (Å²) in [4.78, 5) is 13.8. The highest BCUT2D eigenvalue weighted by molar-refractivity contribution is 5.87. The van der Waals surface area contributed by atoms with E-state index < -0.39 is 5.97 Å². The van der Waals surface area contributed by atoms with Crippen LogP contribution in [0.5, 0.6) is 5.75 Å². The number of benzene rings is 3. The Morgan fingerprint density at radius 2 is 1.63 bits per heavy atom. The van der Waals surface area contributed by atoms with Crippen LogP contribution in [0.3, 0.4) is 0 Å². The van der Waals surface area contributed by atoms with Crippen LogP contribution in [-0.2, 0) is 12.0 Å². The maximum absolute atomic E-state index is 11.3. The second-order valence-electron chi connectivity index (χ2n) is 7.96. The summed E-state index contributed by atoms with van der Waals surface area (Å²) in [6.45, 7) is 2.91. The van der Waals surface area contributed by atoms with E-state index in [0.29, 0.717) is 5.56 Å². The molecular formula is C26H27NO3. The summed E-state index contributed by atoms with van der Waals surface area (Å²) < 4.78 is 5.49. The number of nitrogens with zero attached hydrogens (tertiary/aromatic N) is 1. The number of aromatic carboxylic acids is 1. The monoisotopic (exact) mass is 401 g/mol. The van der Waals surface area contributed by atoms with Gasteiger partial charge in [-0.3, -0.25) is 4.90 Å². The van der Waals surface area contributed by atoms with Crippen molar-refractivity contribution in [2.45, 2.75) is 24.8 Å². The summed E-state index contributed by atoms with van der Waals surface area (Å²) in [6, 6.07) is 26.3. The minimum absolute atomic E-state index is 0.154. The zero-order valence-electron chi connectivity index (χ0n) is 17.3. The van der Waals surface area contributed by atoms with E-state index in [4.69, 9.17) is 4.74 Å². The minimum atomic E-state index is -0.894. The van der Waals surface area contributed by atoms with Gasteiger partial charge in [-0.1, -0.05) is 54.6 Å². The van der Waals surface area contributed by atoms with Gasteiger partial charge in [0.1, 0.15) is 5.75 Å². The van der Waals surface area contributed by atoms with Crippen molar-refractivity contribution in [3.05, 3.63) is 101 Å². The largest absolute Gasteiger partial charge is 0.497 e. The predicted octanol–water partition coefficient (Wildman–Crippen LogP) is 4.98. The predicted molar refractivity (Wildman–Crippen MR) is 118 cm³/mol. The van der Waals surface area contributed by atoms with Crippen molar-refractivity contribution in [2.24, 2.45) is 0 Å². The van der Waals surface area contributed by atoms with Gasteiger partial charge in [-0.15, -0.1) is 0 Å². The second-order valence-corrected chi connectivity index (χ2v) is 7.96. The molecule has 0 amide bonds. The van der Waals surface area contributed by atoms with Crippen LogP contribution in [0, 0.1) is 0 Å². The fourth-order valence-corrected chi connectivity index (χ4v) is 4.53. The van der Waals surface area contributed by atoms with Gasteiger partial charge in [-0.25, -0.2) is 4.79 Å². The van der Waals surface area contributed by atoms with E-state index in [1.165, 1.54) is 16.7 Å². The van der Waals surface area contributed by atoms with Gasteiger partial charge in [-0.05, 0) is 66.9 Å². The molecule has 1 saturated heterocycles. The van der Waals surface area contributed by atoms with Gasteiger partial charge in [0.2, 0.25) is 0 Å². The summed E-state index contributed by atoms with van der Waals surface area (Å²) >= 11 is 0. The van der Waals surface area contributed by atoms with E-state index in [2.05, 4.69) is 41.3 Å². The van der Waals surface area contributed by atoms with E-state index >= 15 is 0 Å². The fraction of sp³-hybridized carbons (Fsp3) is 0.269. The molecule has 1 N–H and O–H groups in total. The number of likely N-dealkylation sites (tertiary alicyclic amines) is 1. The van der Waals surface area contributed by atoms with Crippen LogP contribution in [0.1, 0.15) is 39.9 Å². The van der Waals surface area contributed by atoms with Gasteiger partial charge in [0.05, 0.1) is 12.7 Å². The molecular weight excluding hydrogens is 374 g/mol. The van der Waals surface area contributed by atoms with Gasteiger partial charge in [0.15, 0.2) is 0 Å². The first-order valence-electron chi connectivity index (χ1n) is 10.4. The normalized spacial score (nSPS) is 16.2. The average Bonchev–Trinajstić information content (AvgIpc) is 2.80. The first kappa shape index (κ1) is 20.2. The van der Waals surface area contributed by atoms with Crippen LogP contribution >= 0.6 is 0 Å². The molecule has 0 atom stereocenters. The Bertz CT molecular complexity index is 990. The Kier molecular flexibility index (Phi) is 5.86. The van der Waals surface area contributed by atoms with Crippen LogP contribution < -0.4 is 4.74 Å². The van der Waals surface area contributed by atoms with Crippen LogP contribution in [0.2, 0.25) is 0 Å². The highest BCUT2D eigenvalue weighted by atomic mass is 16.5. The first-order valence-corrected chi connectivity index (χ1v) is 10.4. The molecule has 1 aliphatic heterocycles. The summed E-state index contributed by atoms with van der Waals surface area (Å²) in [5, 5.41) is 9.29. The third kappa shape index (κ3) is 4.10. The zero-order valence-corrected chi connectivity index (χ0v) is 17.3. The summed E-state index contributed by atoms with van der Waals surface area (Å²) in [5.41, 5.74) is 3.89. The van der Waals surface area contributed by atoms with Crippen molar-refractivity contribution in [1.29, 1.82) is 0 Å². The smallest absolute Gasteiger partial charge is 0.335 e. The Morgan fingerprint density at radius 1 is 0.933 bits per heavy atom. The number of hydrogen-bond acceptors (Lipinski definition) is 3. The maximum Gasteiger partial charge on any atom is 0.335 e. The molecule has 4 heteroatoms. The van der Waals surface area contributed by atoms with Crippen LogP contribution in [-0.4, -0.2) is 36.2 Å². The van der Waals surface area contributed by atoms with E-state index in [1.807, 2.05) is 30.3 Å². The maximum atomic E-state index is 11.3. The Labute approximate surface area is 177 Å². The molecule has 0 bridgehead atoms. The van der Waals surface area contributed by atoms with E-state index in [9.17, 15) is 9.90 Å². The molecule has 1 aliphatic rings. The average molecular weight is 402 g/mol. The van der Waals surface area contributed by atoms with Crippen LogP contribution in [0.4, 0.5) is 0 Å². The van der Waals surface area contributed by atoms with Crippen molar-refractivity contribution in [2.75, 3.05) is 20.2 Å². The SMILES string of the molecule is COc1cccc(C2(c3ccc(C(=O)O)cc3)CCN(Cc3ccccc3)CC2)c1. The molecule has 0 saturated carbocycles. The molecule has 0 aromatic heterocycles. The highest BCUT2D eigenvalue weighted by Gasteiger charge is 2.38. The summed E-state index contributed by atoms with van der Waals surface area (Å²) in [6.07, 6.45) is 1.94. The molecule has 4 nitrogen and oxygen atoms in total. The van der Waals surface area contributed by atoms with Gasteiger partial charge >= 0.3 is 5.97 Å². The lowest BCUT2D eigenvalue weighted by Crippen LogP contribution is -2.43. The van der Waals surface area contributed by atoms with Crippen LogP contribution in [0.15, 0.2) is 78.9 Å². The number of methoxy groups -OCH3 is 1. The number of piperidine rings is 1. The first-order chi connectivity index (χ1) is 14.6. The van der Waals surface area contributed by atoms with Gasteiger partial charge in [0.25, 0.3) is 0 Å². The number of carbonyl (C=O) groups is 1. The number of hydrogen-bond donors (Lipinski definition) is 1. The highest BCUT2D eigenvalue weighted by Crippen LogP contribution is 2.43. The number of rotatable bonds is 6. The zero-order chi connectivity index (χ0) is 21.0. The third-order valence-corrected chi connectivity index (χ3v) is 6.27. The number of carboxylic acids is 1. The molecule has 30 heavy (non-hydrogen) atoms. The fourth-order valence-electron chi connectivity index (χ4n) is 4.53. The lowest BCUT2D eigenvalue weighted by Gasteiger charge is -2.43. The molecule has 3 aromatic carbocycles. The molecule has 1 heterocycles. The van der Waals surface area contributed by atoms with E-state index in [1.54, 1.807) is 19.2 Å². The van der Waals surface area contributed by atoms with Crippen molar-refractivity contribution < 1.29 is 14.6 Å². The molecule has 0 spiro atoms. The summed E-state index contributed by atoms with van der Waals surface area (Å²) in [5.74, 6) is -0.0459. The van der Waals surface area contributed by atoms with Crippen molar-refractivity contribution in [3.63, 3.8) is 0 Å². The lowest BCUT2D eigenvalue weighted by molar-refractivity contribution is 0.0697. The number of carboxylic acid groups (broad SMARTS) is 1. The summed E-state index contributed by atoms with van der Waals surface area (Å²) in [7, 11) is 1.69. The minimum Gasteiger partial charge on any atom is -0.497 e. The molecule has 3 aromatic rings. The Balaban J connectivity index is 1.64. The molecule has 4 rings (SSSR count). The van der Waals surface area contributed by atoms with Gasteiger partial charge in [0, 0.05) is 12.0 Å². The van der Waals surface area contributed by atoms with Crippen LogP contribution in [0.25, 0.3) is 0 Å². The molecule has 1 fully saturated rings. The topological polar surface area (TPSA) is 49.8 Å². The van der Waals surface area contributed by atoms with E-state index in [0.717, 1.165) is 38.2 Å². The molecule has 0 aliphatic carbocycles. The second kappa shape index (κ2) is 8.72. The number of ether oxygens (including phenoxy) is 1. The Morgan fingerprint density at radius 3 is 2.27 bits per heavy atom. The molecule has 0 unspecified atom stereocenters. The molecule has 0 radical (unpaired) electrons. The van der Waals surface area contributed by atoms with Crippen molar-refractivity contribution in [3.8, 4) is 5.75 Å².